The Kier molecular flexibility index (Phi) is 3.81. The molecule has 0 atom stereocenters. The SMILES string of the molecule is O=NC(=O)c1cnc(Nc2cccc(Cl)c2)c2c1C1CCC2CC1. The van der Waals surface area contributed by atoms with E-state index in [2.05, 4.69) is 15.5 Å². The molecule has 0 aliphatic heterocycles. The largest absolute Gasteiger partial charge is 0.340 e. The van der Waals surface area contributed by atoms with Crippen molar-refractivity contribution < 1.29 is 4.79 Å². The predicted octanol–water partition coefficient (Wildman–Crippen LogP) is 5.14. The summed E-state index contributed by atoms with van der Waals surface area (Å²) < 4.78 is 0. The lowest BCUT2D eigenvalue weighted by Crippen LogP contribution is -2.26. The maximum absolute atomic E-state index is 11.9. The van der Waals surface area contributed by atoms with E-state index >= 15 is 0 Å². The monoisotopic (exact) mass is 341 g/mol. The van der Waals surface area contributed by atoms with Crippen LogP contribution in [0.4, 0.5) is 11.5 Å². The fraction of sp³-hybridized carbons (Fsp3) is 0.333. The van der Waals surface area contributed by atoms with Gasteiger partial charge in [0, 0.05) is 27.6 Å². The third-order valence-electron chi connectivity index (χ3n) is 5.10. The Bertz CT molecular complexity index is 829. The number of anilines is 2. The number of pyridine rings is 1. The maximum atomic E-state index is 11.9. The molecule has 1 aromatic carbocycles. The average molecular weight is 342 g/mol. The Morgan fingerprint density at radius 1 is 1.17 bits per heavy atom. The van der Waals surface area contributed by atoms with Crippen LogP contribution in [0.5, 0.6) is 0 Å². The summed E-state index contributed by atoms with van der Waals surface area (Å²) in [5.74, 6) is 0.719. The normalized spacial score (nSPS) is 21.2. The van der Waals surface area contributed by atoms with E-state index in [0.717, 1.165) is 48.3 Å². The van der Waals surface area contributed by atoms with Crippen LogP contribution in [0.2, 0.25) is 5.02 Å². The standard InChI is InChI=1S/C18H16ClN3O2/c19-12-2-1-3-13(8-12)21-17-16-11-6-4-10(5-7-11)15(16)14(9-20-17)18(23)22-24/h1-3,8-11H,4-7H2,(H,20,21). The molecule has 6 heteroatoms. The zero-order chi connectivity index (χ0) is 16.7. The number of benzene rings is 1. The molecule has 3 aliphatic rings. The zero-order valence-corrected chi connectivity index (χ0v) is 13.7. The molecule has 0 radical (unpaired) electrons. The van der Waals surface area contributed by atoms with Crippen molar-refractivity contribution in [2.75, 3.05) is 5.32 Å². The van der Waals surface area contributed by atoms with E-state index < -0.39 is 5.91 Å². The second kappa shape index (κ2) is 5.98. The number of nitrogens with one attached hydrogen (secondary N) is 1. The van der Waals surface area contributed by atoms with Gasteiger partial charge in [-0.3, -0.25) is 4.79 Å². The molecule has 1 amide bonds. The molecule has 0 unspecified atom stereocenters. The molecule has 0 saturated heterocycles. The lowest BCUT2D eigenvalue weighted by molar-refractivity contribution is 0.0998. The van der Waals surface area contributed by atoms with E-state index in [1.165, 1.54) is 6.20 Å². The number of nitroso groups, excluding NO2 is 1. The summed E-state index contributed by atoms with van der Waals surface area (Å²) in [6.07, 6.45) is 5.77. The maximum Gasteiger partial charge on any atom is 0.318 e. The highest BCUT2D eigenvalue weighted by Gasteiger charge is 2.38. The number of carbonyl (C=O) groups is 1. The minimum absolute atomic E-state index is 0.314. The molecule has 1 aromatic heterocycles. The molecule has 1 N–H and O–H groups in total. The van der Waals surface area contributed by atoms with E-state index in [1.54, 1.807) is 0 Å². The first-order valence-corrected chi connectivity index (χ1v) is 8.48. The highest BCUT2D eigenvalue weighted by molar-refractivity contribution is 6.30. The fourth-order valence-corrected chi connectivity index (χ4v) is 4.28. The first-order chi connectivity index (χ1) is 11.7. The molecule has 0 spiro atoms. The summed E-state index contributed by atoms with van der Waals surface area (Å²) in [6, 6.07) is 7.45. The number of rotatable bonds is 3. The summed E-state index contributed by atoms with van der Waals surface area (Å²) in [5, 5.41) is 6.58. The van der Waals surface area contributed by atoms with Crippen LogP contribution in [-0.4, -0.2) is 10.9 Å². The number of amides is 1. The van der Waals surface area contributed by atoms with E-state index in [1.807, 2.05) is 24.3 Å². The highest BCUT2D eigenvalue weighted by atomic mass is 35.5. The molecule has 1 heterocycles. The van der Waals surface area contributed by atoms with Crippen molar-refractivity contribution in [1.82, 2.24) is 4.98 Å². The van der Waals surface area contributed by atoms with Crippen LogP contribution in [-0.2, 0) is 0 Å². The molecule has 122 valence electrons. The van der Waals surface area contributed by atoms with Gasteiger partial charge in [0.15, 0.2) is 0 Å². The summed E-state index contributed by atoms with van der Waals surface area (Å²) >= 11 is 6.05. The number of halogens is 1. The van der Waals surface area contributed by atoms with Crippen molar-refractivity contribution in [3.05, 3.63) is 57.1 Å². The Hall–Kier alpha value is -2.27. The third-order valence-corrected chi connectivity index (χ3v) is 5.34. The lowest BCUT2D eigenvalue weighted by atomic mass is 9.66. The van der Waals surface area contributed by atoms with Gasteiger partial charge in [-0.25, -0.2) is 4.98 Å². The Labute approximate surface area is 144 Å². The molecule has 1 fully saturated rings. The summed E-state index contributed by atoms with van der Waals surface area (Å²) in [7, 11) is 0. The van der Waals surface area contributed by atoms with E-state index in [9.17, 15) is 9.70 Å². The van der Waals surface area contributed by atoms with Gasteiger partial charge in [0.05, 0.1) is 5.56 Å². The van der Waals surface area contributed by atoms with Crippen LogP contribution < -0.4 is 5.32 Å². The van der Waals surface area contributed by atoms with Gasteiger partial charge in [0.1, 0.15) is 5.82 Å². The van der Waals surface area contributed by atoms with E-state index in [-0.39, 0.29) is 0 Å². The number of aromatic nitrogens is 1. The Morgan fingerprint density at radius 2 is 1.88 bits per heavy atom. The predicted molar refractivity (Wildman–Crippen MR) is 93.0 cm³/mol. The van der Waals surface area contributed by atoms with E-state index in [0.29, 0.717) is 22.4 Å². The Balaban J connectivity index is 1.83. The molecule has 24 heavy (non-hydrogen) atoms. The number of nitrogens with zero attached hydrogens (tertiary/aromatic N) is 2. The molecule has 3 aliphatic carbocycles. The number of hydrogen-bond acceptors (Lipinski definition) is 4. The number of hydrogen-bond donors (Lipinski definition) is 1. The van der Waals surface area contributed by atoms with Crippen LogP contribution in [0, 0.1) is 4.91 Å². The second-order valence-corrected chi connectivity index (χ2v) is 6.86. The van der Waals surface area contributed by atoms with Gasteiger partial charge < -0.3 is 5.32 Å². The van der Waals surface area contributed by atoms with E-state index in [4.69, 9.17) is 11.6 Å². The molecule has 5 rings (SSSR count). The van der Waals surface area contributed by atoms with Crippen molar-refractivity contribution in [2.45, 2.75) is 37.5 Å². The fourth-order valence-electron chi connectivity index (χ4n) is 4.09. The van der Waals surface area contributed by atoms with Crippen molar-refractivity contribution in [3.8, 4) is 0 Å². The topological polar surface area (TPSA) is 71.4 Å². The number of carbonyl (C=O) groups excluding carboxylic acids is 1. The summed E-state index contributed by atoms with van der Waals surface area (Å²) in [4.78, 5) is 27.1. The van der Waals surface area contributed by atoms with Crippen molar-refractivity contribution >= 4 is 29.0 Å². The van der Waals surface area contributed by atoms with Crippen LogP contribution >= 0.6 is 11.6 Å². The van der Waals surface area contributed by atoms with Crippen LogP contribution in [0.25, 0.3) is 0 Å². The first kappa shape index (κ1) is 15.3. The molecular weight excluding hydrogens is 326 g/mol. The molecule has 5 nitrogen and oxygen atoms in total. The van der Waals surface area contributed by atoms with Gasteiger partial charge in [-0.15, -0.1) is 4.91 Å². The molecule has 1 saturated carbocycles. The average Bonchev–Trinajstić information content (AvgIpc) is 2.62. The van der Waals surface area contributed by atoms with Crippen molar-refractivity contribution in [1.29, 1.82) is 0 Å². The number of fused-ring (bicyclic) bond motifs is 2. The van der Waals surface area contributed by atoms with Gasteiger partial charge in [-0.2, -0.15) is 0 Å². The van der Waals surface area contributed by atoms with Gasteiger partial charge in [0.2, 0.25) is 0 Å². The van der Waals surface area contributed by atoms with Crippen LogP contribution in [0.15, 0.2) is 35.6 Å². The third kappa shape index (κ3) is 2.49. The van der Waals surface area contributed by atoms with Gasteiger partial charge in [-0.05, 0) is 61.3 Å². The second-order valence-electron chi connectivity index (χ2n) is 6.43. The Morgan fingerprint density at radius 3 is 2.54 bits per heavy atom. The first-order valence-electron chi connectivity index (χ1n) is 8.10. The van der Waals surface area contributed by atoms with Crippen molar-refractivity contribution in [2.24, 2.45) is 5.18 Å². The molecule has 2 bridgehead atoms. The summed E-state index contributed by atoms with van der Waals surface area (Å²) in [5.41, 5.74) is 3.27. The summed E-state index contributed by atoms with van der Waals surface area (Å²) in [6.45, 7) is 0. The molecule has 2 aromatic rings. The van der Waals surface area contributed by atoms with Crippen LogP contribution in [0.3, 0.4) is 0 Å². The van der Waals surface area contributed by atoms with Crippen LogP contribution in [0.1, 0.15) is 59.0 Å². The minimum atomic E-state index is -0.722. The highest BCUT2D eigenvalue weighted by Crippen LogP contribution is 2.52. The minimum Gasteiger partial charge on any atom is -0.340 e. The van der Waals surface area contributed by atoms with Gasteiger partial charge in [-0.1, -0.05) is 17.7 Å². The van der Waals surface area contributed by atoms with Crippen molar-refractivity contribution in [3.63, 3.8) is 0 Å². The molecular formula is C18H16ClN3O2. The smallest absolute Gasteiger partial charge is 0.318 e. The quantitative estimate of drug-likeness (QED) is 0.784. The zero-order valence-electron chi connectivity index (χ0n) is 13.0. The van der Waals surface area contributed by atoms with Gasteiger partial charge in [0.25, 0.3) is 0 Å². The lowest BCUT2D eigenvalue weighted by Gasteiger charge is -2.39. The van der Waals surface area contributed by atoms with Gasteiger partial charge >= 0.3 is 5.91 Å².